The summed E-state index contributed by atoms with van der Waals surface area (Å²) in [7, 11) is 0. The SMILES string of the molecule is CC1CCC(NC2CCC3CCCCC3C2)C(C)C1. The van der Waals surface area contributed by atoms with E-state index in [2.05, 4.69) is 19.2 Å². The van der Waals surface area contributed by atoms with Crippen LogP contribution in [0, 0.1) is 23.7 Å². The van der Waals surface area contributed by atoms with Crippen LogP contribution in [0.5, 0.6) is 0 Å². The van der Waals surface area contributed by atoms with Crippen molar-refractivity contribution in [1.82, 2.24) is 5.32 Å². The molecule has 3 aliphatic rings. The van der Waals surface area contributed by atoms with Crippen molar-refractivity contribution < 1.29 is 0 Å². The van der Waals surface area contributed by atoms with Crippen LogP contribution >= 0.6 is 0 Å². The summed E-state index contributed by atoms with van der Waals surface area (Å²) in [6, 6.07) is 1.67. The minimum absolute atomic E-state index is 0.821. The summed E-state index contributed by atoms with van der Waals surface area (Å²) in [5, 5.41) is 4.06. The summed E-state index contributed by atoms with van der Waals surface area (Å²) in [6.45, 7) is 4.90. The van der Waals surface area contributed by atoms with Crippen molar-refractivity contribution >= 4 is 0 Å². The Hall–Kier alpha value is -0.0400. The third kappa shape index (κ3) is 3.35. The van der Waals surface area contributed by atoms with Crippen LogP contribution in [0.2, 0.25) is 0 Å². The van der Waals surface area contributed by atoms with E-state index >= 15 is 0 Å². The third-order valence-electron chi connectivity index (χ3n) is 6.42. The fourth-order valence-electron chi connectivity index (χ4n) is 5.24. The second-order valence-corrected chi connectivity index (χ2v) is 7.98. The molecule has 0 aliphatic heterocycles. The van der Waals surface area contributed by atoms with E-state index in [0.717, 1.165) is 35.8 Å². The highest BCUT2D eigenvalue weighted by atomic mass is 15.0. The molecule has 3 fully saturated rings. The van der Waals surface area contributed by atoms with Crippen molar-refractivity contribution in [2.24, 2.45) is 23.7 Å². The van der Waals surface area contributed by atoms with E-state index in [1.165, 1.54) is 64.2 Å². The standard InChI is InChI=1S/C18H33N/c1-13-7-10-18(14(2)11-13)19-17-9-8-15-5-3-4-6-16(15)12-17/h13-19H,3-12H2,1-2H3. The van der Waals surface area contributed by atoms with Crippen LogP contribution in [0.25, 0.3) is 0 Å². The lowest BCUT2D eigenvalue weighted by Crippen LogP contribution is -2.47. The third-order valence-corrected chi connectivity index (χ3v) is 6.42. The van der Waals surface area contributed by atoms with Crippen molar-refractivity contribution in [3.8, 4) is 0 Å². The normalized spacial score (nSPS) is 47.7. The van der Waals surface area contributed by atoms with Gasteiger partial charge in [-0.15, -0.1) is 0 Å². The molecule has 0 spiro atoms. The van der Waals surface area contributed by atoms with Gasteiger partial charge in [0.15, 0.2) is 0 Å². The van der Waals surface area contributed by atoms with Crippen molar-refractivity contribution in [2.45, 2.75) is 90.1 Å². The number of hydrogen-bond donors (Lipinski definition) is 1. The Morgan fingerprint density at radius 2 is 1.53 bits per heavy atom. The van der Waals surface area contributed by atoms with E-state index in [1.54, 1.807) is 0 Å². The zero-order chi connectivity index (χ0) is 13.2. The molecule has 0 aromatic rings. The van der Waals surface area contributed by atoms with E-state index < -0.39 is 0 Å². The fourth-order valence-corrected chi connectivity index (χ4v) is 5.24. The molecular formula is C18H33N. The lowest BCUT2D eigenvalue weighted by atomic mass is 9.69. The largest absolute Gasteiger partial charge is 0.311 e. The predicted octanol–water partition coefficient (Wildman–Crippen LogP) is 4.76. The summed E-state index contributed by atoms with van der Waals surface area (Å²) < 4.78 is 0. The summed E-state index contributed by atoms with van der Waals surface area (Å²) in [6.07, 6.45) is 14.9. The lowest BCUT2D eigenvalue weighted by Gasteiger charge is -2.42. The number of fused-ring (bicyclic) bond motifs is 1. The minimum Gasteiger partial charge on any atom is -0.311 e. The maximum absolute atomic E-state index is 4.06. The first-order chi connectivity index (χ1) is 9.22. The Labute approximate surface area is 119 Å². The van der Waals surface area contributed by atoms with Gasteiger partial charge in [0.05, 0.1) is 0 Å². The molecule has 3 aliphatic carbocycles. The molecule has 1 nitrogen and oxygen atoms in total. The molecule has 6 atom stereocenters. The Bertz CT molecular complexity index is 287. The van der Waals surface area contributed by atoms with Gasteiger partial charge in [0.1, 0.15) is 0 Å². The molecule has 19 heavy (non-hydrogen) atoms. The molecule has 0 aromatic carbocycles. The Morgan fingerprint density at radius 3 is 2.32 bits per heavy atom. The van der Waals surface area contributed by atoms with Gasteiger partial charge >= 0.3 is 0 Å². The van der Waals surface area contributed by atoms with Crippen molar-refractivity contribution in [2.75, 3.05) is 0 Å². The highest BCUT2D eigenvalue weighted by molar-refractivity contribution is 4.90. The first kappa shape index (κ1) is 13.9. The van der Waals surface area contributed by atoms with Crippen LogP contribution in [0.15, 0.2) is 0 Å². The van der Waals surface area contributed by atoms with Crippen molar-refractivity contribution in [3.63, 3.8) is 0 Å². The average Bonchev–Trinajstić information content (AvgIpc) is 2.42. The molecule has 0 radical (unpaired) electrons. The topological polar surface area (TPSA) is 12.0 Å². The summed E-state index contributed by atoms with van der Waals surface area (Å²) in [5.74, 6) is 4.02. The Morgan fingerprint density at radius 1 is 0.737 bits per heavy atom. The summed E-state index contributed by atoms with van der Waals surface area (Å²) in [5.41, 5.74) is 0. The highest BCUT2D eigenvalue weighted by Crippen LogP contribution is 2.41. The maximum Gasteiger partial charge on any atom is 0.00954 e. The van der Waals surface area contributed by atoms with Crippen LogP contribution in [0.3, 0.4) is 0 Å². The van der Waals surface area contributed by atoms with E-state index in [4.69, 9.17) is 0 Å². The van der Waals surface area contributed by atoms with Crippen LogP contribution in [-0.2, 0) is 0 Å². The quantitative estimate of drug-likeness (QED) is 0.757. The fraction of sp³-hybridized carbons (Fsp3) is 1.00. The van der Waals surface area contributed by atoms with Crippen LogP contribution in [0.1, 0.15) is 78.1 Å². The Balaban J connectivity index is 1.50. The maximum atomic E-state index is 4.06. The minimum atomic E-state index is 0.821. The molecule has 0 bridgehead atoms. The van der Waals surface area contributed by atoms with E-state index in [1.807, 2.05) is 0 Å². The first-order valence-corrected chi connectivity index (χ1v) is 8.98. The number of nitrogens with one attached hydrogen (secondary N) is 1. The lowest BCUT2D eigenvalue weighted by molar-refractivity contribution is 0.122. The Kier molecular flexibility index (Phi) is 4.51. The van der Waals surface area contributed by atoms with Gasteiger partial charge in [0, 0.05) is 12.1 Å². The molecule has 1 heteroatoms. The van der Waals surface area contributed by atoms with Gasteiger partial charge in [-0.25, -0.2) is 0 Å². The van der Waals surface area contributed by atoms with Gasteiger partial charge in [0.2, 0.25) is 0 Å². The first-order valence-electron chi connectivity index (χ1n) is 8.98. The molecule has 3 saturated carbocycles. The molecular weight excluding hydrogens is 230 g/mol. The van der Waals surface area contributed by atoms with Gasteiger partial charge in [-0.1, -0.05) is 39.5 Å². The molecule has 110 valence electrons. The van der Waals surface area contributed by atoms with Gasteiger partial charge in [0.25, 0.3) is 0 Å². The number of rotatable bonds is 2. The summed E-state index contributed by atoms with van der Waals surface area (Å²) in [4.78, 5) is 0. The average molecular weight is 263 g/mol. The molecule has 0 amide bonds. The van der Waals surface area contributed by atoms with Crippen LogP contribution < -0.4 is 5.32 Å². The predicted molar refractivity (Wildman–Crippen MR) is 82.2 cm³/mol. The summed E-state index contributed by atoms with van der Waals surface area (Å²) >= 11 is 0. The van der Waals surface area contributed by atoms with E-state index in [-0.39, 0.29) is 0 Å². The van der Waals surface area contributed by atoms with Gasteiger partial charge < -0.3 is 5.32 Å². The molecule has 0 saturated heterocycles. The molecule has 6 unspecified atom stereocenters. The van der Waals surface area contributed by atoms with Crippen molar-refractivity contribution in [1.29, 1.82) is 0 Å². The van der Waals surface area contributed by atoms with E-state index in [9.17, 15) is 0 Å². The van der Waals surface area contributed by atoms with Crippen LogP contribution in [-0.4, -0.2) is 12.1 Å². The van der Waals surface area contributed by atoms with Gasteiger partial charge in [-0.3, -0.25) is 0 Å². The molecule has 1 N–H and O–H groups in total. The van der Waals surface area contributed by atoms with Crippen LogP contribution in [0.4, 0.5) is 0 Å². The smallest absolute Gasteiger partial charge is 0.00954 e. The second kappa shape index (κ2) is 6.16. The number of hydrogen-bond acceptors (Lipinski definition) is 1. The molecule has 3 rings (SSSR count). The van der Waals surface area contributed by atoms with Gasteiger partial charge in [-0.05, 0) is 62.2 Å². The molecule has 0 heterocycles. The highest BCUT2D eigenvalue weighted by Gasteiger charge is 2.34. The monoisotopic (exact) mass is 263 g/mol. The van der Waals surface area contributed by atoms with E-state index in [0.29, 0.717) is 0 Å². The molecule has 0 aromatic heterocycles. The second-order valence-electron chi connectivity index (χ2n) is 7.98. The van der Waals surface area contributed by atoms with Crippen molar-refractivity contribution in [3.05, 3.63) is 0 Å². The van der Waals surface area contributed by atoms with Gasteiger partial charge in [-0.2, -0.15) is 0 Å². The zero-order valence-electron chi connectivity index (χ0n) is 13.0. The zero-order valence-corrected chi connectivity index (χ0v) is 13.0.